The zero-order valence-electron chi connectivity index (χ0n) is 26.5. The Morgan fingerprint density at radius 1 is 1.03 bits per heavy atom. The summed E-state index contributed by atoms with van der Waals surface area (Å²) in [7, 11) is 1.82. The second kappa shape index (κ2) is 7.63. The number of rotatable bonds is 4. The molecule has 0 amide bonds. The van der Waals surface area contributed by atoms with Crippen LogP contribution in [0.2, 0.25) is 0 Å². The molecule has 0 N–H and O–H groups in total. The monoisotopic (exact) mass is 432 g/mol. The largest absolute Gasteiger partial charge is 0.437 e. The molecule has 4 heteroatoms. The lowest BCUT2D eigenvalue weighted by atomic mass is 9.92. The SMILES string of the molecule is [2H]C([2H])([2H])C([2H])(C)c1cccc(C([2H])(C)C([2H])([2H])[2H])c1-n1cc[n+](C)c1-c1c(C)ccc2c1oc1ncccc12. The molecule has 5 rings (SSSR count). The first-order valence-corrected chi connectivity index (χ1v) is 10.5. The summed E-state index contributed by atoms with van der Waals surface area (Å²) in [5, 5.41) is 1.67. The van der Waals surface area contributed by atoms with Gasteiger partial charge in [0.25, 0.3) is 5.82 Å². The van der Waals surface area contributed by atoms with Crippen molar-refractivity contribution in [3.63, 3.8) is 0 Å². The van der Waals surface area contributed by atoms with Gasteiger partial charge < -0.3 is 4.42 Å². The Morgan fingerprint density at radius 3 is 2.50 bits per heavy atom. The molecule has 2 unspecified atom stereocenters. The van der Waals surface area contributed by atoms with Gasteiger partial charge in [0, 0.05) is 39.1 Å². The second-order valence-electron chi connectivity index (χ2n) is 8.15. The highest BCUT2D eigenvalue weighted by Gasteiger charge is 2.29. The van der Waals surface area contributed by atoms with Crippen LogP contribution >= 0.6 is 0 Å². The van der Waals surface area contributed by atoms with E-state index in [-0.39, 0.29) is 16.8 Å². The maximum absolute atomic E-state index is 8.98. The molecule has 2 aromatic carbocycles. The number of nitrogens with zero attached hydrogens (tertiary/aromatic N) is 3. The van der Waals surface area contributed by atoms with Crippen LogP contribution in [0.3, 0.4) is 0 Å². The third-order valence-electron chi connectivity index (χ3n) is 5.94. The minimum Gasteiger partial charge on any atom is -0.437 e. The Bertz CT molecular complexity index is 1720. The van der Waals surface area contributed by atoms with Crippen molar-refractivity contribution in [3.8, 4) is 17.1 Å². The van der Waals surface area contributed by atoms with Crippen LogP contribution in [0, 0.1) is 6.92 Å². The highest BCUT2D eigenvalue weighted by atomic mass is 16.3. The maximum Gasteiger partial charge on any atom is 0.297 e. The highest BCUT2D eigenvalue weighted by molar-refractivity contribution is 6.08. The Hall–Kier alpha value is -3.40. The van der Waals surface area contributed by atoms with Crippen molar-refractivity contribution in [1.29, 1.82) is 0 Å². The minimum absolute atomic E-state index is 0.0845. The van der Waals surface area contributed by atoms with Crippen molar-refractivity contribution < 1.29 is 20.0 Å². The molecule has 2 atom stereocenters. The van der Waals surface area contributed by atoms with Crippen LogP contribution in [0.1, 0.15) is 67.0 Å². The quantitative estimate of drug-likeness (QED) is 0.292. The molecular weight excluding hydrogens is 394 g/mol. The van der Waals surface area contributed by atoms with Gasteiger partial charge in [-0.3, -0.25) is 0 Å². The summed E-state index contributed by atoms with van der Waals surface area (Å²) < 4.78 is 76.7. The van der Waals surface area contributed by atoms with Crippen molar-refractivity contribution in [2.75, 3.05) is 0 Å². The molecule has 162 valence electrons. The van der Waals surface area contributed by atoms with Crippen LogP contribution in [-0.4, -0.2) is 9.55 Å². The lowest BCUT2D eigenvalue weighted by Gasteiger charge is -2.18. The molecule has 4 nitrogen and oxygen atoms in total. The fraction of sp³-hybridized carbons (Fsp3) is 0.286. The molecule has 0 fully saturated rings. The summed E-state index contributed by atoms with van der Waals surface area (Å²) in [5.41, 5.74) is 2.93. The Kier molecular flexibility index (Phi) is 3.15. The normalized spacial score (nSPS) is 20.1. The smallest absolute Gasteiger partial charge is 0.297 e. The standard InChI is InChI=1S/C28H30N3O/c1-17(2)20-9-7-10-21(18(3)4)25(20)31-16-15-30(6)28(31)24-19(5)12-13-22-23-11-8-14-29-27(23)32-26(22)24/h7-18H,1-6H3/q+1/i1D3,3D3,17D,18D. The van der Waals surface area contributed by atoms with Crippen molar-refractivity contribution in [2.45, 2.75) is 46.3 Å². The first-order valence-electron chi connectivity index (χ1n) is 14.5. The van der Waals surface area contributed by atoms with E-state index in [1.54, 1.807) is 23.2 Å². The molecule has 0 saturated carbocycles. The van der Waals surface area contributed by atoms with Gasteiger partial charge in [0.1, 0.15) is 23.6 Å². The Balaban J connectivity index is 1.94. The van der Waals surface area contributed by atoms with Gasteiger partial charge in [-0.05, 0) is 36.4 Å². The van der Waals surface area contributed by atoms with E-state index in [0.717, 1.165) is 16.3 Å². The minimum atomic E-state index is -2.74. The third kappa shape index (κ3) is 3.05. The molecule has 0 saturated heterocycles. The topological polar surface area (TPSA) is 34.8 Å². The number of pyridine rings is 1. The highest BCUT2D eigenvalue weighted by Crippen LogP contribution is 2.39. The van der Waals surface area contributed by atoms with E-state index in [0.29, 0.717) is 22.7 Å². The van der Waals surface area contributed by atoms with Crippen LogP contribution in [0.5, 0.6) is 0 Å². The van der Waals surface area contributed by atoms with Crippen LogP contribution in [-0.2, 0) is 7.05 Å². The first kappa shape index (κ1) is 13.2. The molecule has 0 aliphatic rings. The fourth-order valence-electron chi connectivity index (χ4n) is 4.41. The van der Waals surface area contributed by atoms with E-state index in [2.05, 4.69) is 4.98 Å². The summed E-state index contributed by atoms with van der Waals surface area (Å²) in [5.74, 6) is -3.67. The van der Waals surface area contributed by atoms with Crippen LogP contribution in [0.4, 0.5) is 0 Å². The molecule has 0 aliphatic heterocycles. The van der Waals surface area contributed by atoms with Gasteiger partial charge >= 0.3 is 0 Å². The molecular formula is C28H30N3O+. The van der Waals surface area contributed by atoms with Gasteiger partial charge in [-0.25, -0.2) is 9.55 Å². The first-order chi connectivity index (χ1) is 18.5. The van der Waals surface area contributed by atoms with E-state index < -0.39 is 25.5 Å². The van der Waals surface area contributed by atoms with Crippen molar-refractivity contribution in [3.05, 3.63) is 77.7 Å². The Morgan fingerprint density at radius 2 is 1.78 bits per heavy atom. The summed E-state index contributed by atoms with van der Waals surface area (Å²) >= 11 is 0. The number of hydrogen-bond donors (Lipinski definition) is 0. The van der Waals surface area contributed by atoms with Gasteiger partial charge in [0.05, 0.1) is 7.05 Å². The number of aromatic nitrogens is 3. The van der Waals surface area contributed by atoms with Crippen molar-refractivity contribution >= 4 is 22.1 Å². The van der Waals surface area contributed by atoms with Crippen molar-refractivity contribution in [1.82, 2.24) is 9.55 Å². The van der Waals surface area contributed by atoms with Crippen molar-refractivity contribution in [2.24, 2.45) is 7.05 Å². The molecule has 0 spiro atoms. The molecule has 0 bridgehead atoms. The van der Waals surface area contributed by atoms with E-state index in [1.807, 2.05) is 42.8 Å². The van der Waals surface area contributed by atoms with Gasteiger partial charge in [-0.1, -0.05) is 57.9 Å². The predicted molar refractivity (Wildman–Crippen MR) is 130 cm³/mol. The van der Waals surface area contributed by atoms with Gasteiger partial charge in [-0.15, -0.1) is 0 Å². The summed E-state index contributed by atoms with van der Waals surface area (Å²) in [6, 6.07) is 12.2. The van der Waals surface area contributed by atoms with Crippen LogP contribution in [0.25, 0.3) is 39.1 Å². The average Bonchev–Trinajstić information content (AvgIpc) is 3.42. The summed E-state index contributed by atoms with van der Waals surface area (Å²) in [6.07, 6.45) is 5.11. The van der Waals surface area contributed by atoms with Crippen LogP contribution in [0.15, 0.2) is 65.5 Å². The number of benzene rings is 2. The Labute approximate surface area is 200 Å². The summed E-state index contributed by atoms with van der Waals surface area (Å²) in [4.78, 5) is 4.37. The number of hydrogen-bond acceptors (Lipinski definition) is 2. The average molecular weight is 433 g/mol. The number of furan rings is 1. The summed E-state index contributed by atoms with van der Waals surface area (Å²) in [6.45, 7) is -0.977. The van der Waals surface area contributed by atoms with E-state index in [1.165, 1.54) is 32.0 Å². The molecule has 32 heavy (non-hydrogen) atoms. The fourth-order valence-corrected chi connectivity index (χ4v) is 4.41. The van der Waals surface area contributed by atoms with E-state index in [9.17, 15) is 0 Å². The molecule has 3 aromatic heterocycles. The number of aryl methyl sites for hydroxylation is 2. The van der Waals surface area contributed by atoms with Gasteiger partial charge in [-0.2, -0.15) is 4.57 Å². The van der Waals surface area contributed by atoms with E-state index >= 15 is 0 Å². The molecule has 0 aliphatic carbocycles. The number of para-hydroxylation sites is 1. The lowest BCUT2D eigenvalue weighted by molar-refractivity contribution is -0.659. The maximum atomic E-state index is 8.98. The zero-order chi connectivity index (χ0) is 29.4. The third-order valence-corrected chi connectivity index (χ3v) is 5.94. The number of imidazole rings is 1. The van der Waals surface area contributed by atoms with Gasteiger partial charge in [0.15, 0.2) is 5.58 Å². The van der Waals surface area contributed by atoms with E-state index in [4.69, 9.17) is 15.4 Å². The zero-order valence-corrected chi connectivity index (χ0v) is 18.5. The second-order valence-corrected chi connectivity index (χ2v) is 8.15. The molecule has 0 radical (unpaired) electrons. The predicted octanol–water partition coefficient (Wildman–Crippen LogP) is 6.82. The number of fused-ring (bicyclic) bond motifs is 3. The molecule has 5 aromatic rings. The molecule has 3 heterocycles. The lowest BCUT2D eigenvalue weighted by Crippen LogP contribution is -2.29. The van der Waals surface area contributed by atoms with Gasteiger partial charge in [0.2, 0.25) is 5.71 Å². The van der Waals surface area contributed by atoms with Crippen LogP contribution < -0.4 is 4.57 Å².